The molecule has 1 fully saturated rings. The molecule has 1 saturated carbocycles. The molecule has 0 saturated heterocycles. The zero-order chi connectivity index (χ0) is 12.5. The average molecular weight is 405 g/mol. The fourth-order valence-corrected chi connectivity index (χ4v) is 2.69. The van der Waals surface area contributed by atoms with Gasteiger partial charge in [0.15, 0.2) is 0 Å². The van der Waals surface area contributed by atoms with Crippen LogP contribution in [0.1, 0.15) is 29.6 Å². The normalized spacial score (nSPS) is 16.8. The van der Waals surface area contributed by atoms with Crippen molar-refractivity contribution in [2.45, 2.75) is 24.8 Å². The number of nitrogens with one attached hydrogen (secondary N) is 1. The van der Waals surface area contributed by atoms with Crippen molar-refractivity contribution in [1.29, 1.82) is 5.26 Å². The van der Waals surface area contributed by atoms with Gasteiger partial charge in [-0.3, -0.25) is 4.79 Å². The van der Waals surface area contributed by atoms with Gasteiger partial charge in [-0.15, -0.1) is 0 Å². The molecule has 88 valence electrons. The van der Waals surface area contributed by atoms with Crippen molar-refractivity contribution in [3.63, 3.8) is 0 Å². The van der Waals surface area contributed by atoms with Gasteiger partial charge in [-0.2, -0.15) is 5.26 Å². The van der Waals surface area contributed by atoms with Crippen LogP contribution in [0.5, 0.6) is 0 Å². The number of halogens is 2. The van der Waals surface area contributed by atoms with Gasteiger partial charge < -0.3 is 5.32 Å². The maximum atomic E-state index is 12.1. The highest BCUT2D eigenvalue weighted by molar-refractivity contribution is 14.1. The Morgan fingerprint density at radius 1 is 1.53 bits per heavy atom. The van der Waals surface area contributed by atoms with Gasteiger partial charge in [0.1, 0.15) is 5.54 Å². The highest BCUT2D eigenvalue weighted by Gasteiger charge is 2.38. The Bertz CT molecular complexity index is 506. The summed E-state index contributed by atoms with van der Waals surface area (Å²) in [7, 11) is 0. The Kier molecular flexibility index (Phi) is 3.73. The third-order valence-corrected chi connectivity index (χ3v) is 4.38. The van der Waals surface area contributed by atoms with E-state index >= 15 is 0 Å². The molecule has 0 aromatic heterocycles. The number of nitriles is 1. The summed E-state index contributed by atoms with van der Waals surface area (Å²) in [6.45, 7) is 0. The zero-order valence-electron chi connectivity index (χ0n) is 8.96. The van der Waals surface area contributed by atoms with E-state index in [0.29, 0.717) is 5.56 Å². The van der Waals surface area contributed by atoms with Gasteiger partial charge in [-0.1, -0.05) is 15.9 Å². The van der Waals surface area contributed by atoms with Crippen LogP contribution in [0.3, 0.4) is 0 Å². The van der Waals surface area contributed by atoms with E-state index in [4.69, 9.17) is 5.26 Å². The number of carbonyl (C=O) groups is 1. The van der Waals surface area contributed by atoms with Gasteiger partial charge >= 0.3 is 0 Å². The van der Waals surface area contributed by atoms with Crippen LogP contribution < -0.4 is 5.32 Å². The third kappa shape index (κ3) is 2.63. The van der Waals surface area contributed by atoms with E-state index in [-0.39, 0.29) is 5.91 Å². The van der Waals surface area contributed by atoms with Crippen molar-refractivity contribution < 1.29 is 4.79 Å². The summed E-state index contributed by atoms with van der Waals surface area (Å²) in [5, 5.41) is 11.9. The number of carbonyl (C=O) groups excluding carboxylic acids is 1. The lowest BCUT2D eigenvalue weighted by molar-refractivity contribution is 0.0880. The predicted octanol–water partition coefficient (Wildman–Crippen LogP) is 3.23. The van der Waals surface area contributed by atoms with Crippen molar-refractivity contribution in [3.8, 4) is 6.07 Å². The summed E-state index contributed by atoms with van der Waals surface area (Å²) >= 11 is 5.47. The molecule has 0 aliphatic heterocycles. The third-order valence-electron chi connectivity index (χ3n) is 2.95. The molecule has 0 atom stereocenters. The highest BCUT2D eigenvalue weighted by atomic mass is 127. The van der Waals surface area contributed by atoms with Crippen molar-refractivity contribution in [1.82, 2.24) is 5.32 Å². The van der Waals surface area contributed by atoms with Crippen LogP contribution in [0, 0.1) is 14.9 Å². The Balaban J connectivity index is 2.20. The molecule has 1 N–H and O–H groups in total. The van der Waals surface area contributed by atoms with Gasteiger partial charge in [-0.25, -0.2) is 0 Å². The van der Waals surface area contributed by atoms with Gasteiger partial charge in [-0.05, 0) is 60.1 Å². The van der Waals surface area contributed by atoms with Gasteiger partial charge in [0, 0.05) is 8.04 Å². The number of rotatable bonds is 2. The molecule has 0 bridgehead atoms. The molecule has 1 aliphatic rings. The average Bonchev–Trinajstić information content (AvgIpc) is 2.26. The minimum Gasteiger partial charge on any atom is -0.334 e. The first kappa shape index (κ1) is 12.8. The van der Waals surface area contributed by atoms with Crippen LogP contribution in [0.2, 0.25) is 0 Å². The summed E-state index contributed by atoms with van der Waals surface area (Å²) in [6.07, 6.45) is 2.50. The summed E-state index contributed by atoms with van der Waals surface area (Å²) in [6, 6.07) is 7.75. The predicted molar refractivity (Wildman–Crippen MR) is 76.5 cm³/mol. The fourth-order valence-electron chi connectivity index (χ4n) is 1.75. The lowest BCUT2D eigenvalue weighted by atomic mass is 9.78. The molecule has 0 spiro atoms. The van der Waals surface area contributed by atoms with Crippen LogP contribution in [0.4, 0.5) is 0 Å². The topological polar surface area (TPSA) is 52.9 Å². The lowest BCUT2D eigenvalue weighted by Crippen LogP contribution is -2.52. The number of benzene rings is 1. The fraction of sp³-hybridized carbons (Fsp3) is 0.333. The van der Waals surface area contributed by atoms with E-state index in [1.54, 1.807) is 6.07 Å². The second kappa shape index (κ2) is 4.94. The molecule has 0 heterocycles. The van der Waals surface area contributed by atoms with E-state index in [1.807, 2.05) is 12.1 Å². The van der Waals surface area contributed by atoms with E-state index in [0.717, 1.165) is 27.3 Å². The summed E-state index contributed by atoms with van der Waals surface area (Å²) in [5.74, 6) is -0.169. The largest absolute Gasteiger partial charge is 0.334 e. The van der Waals surface area contributed by atoms with E-state index < -0.39 is 5.54 Å². The minimum atomic E-state index is -0.636. The monoisotopic (exact) mass is 404 g/mol. The number of hydrogen-bond donors (Lipinski definition) is 1. The highest BCUT2D eigenvalue weighted by Crippen LogP contribution is 2.31. The van der Waals surface area contributed by atoms with Gasteiger partial charge in [0.2, 0.25) is 0 Å². The van der Waals surface area contributed by atoms with E-state index in [9.17, 15) is 4.79 Å². The molecule has 1 aliphatic carbocycles. The molecule has 5 heteroatoms. The van der Waals surface area contributed by atoms with Crippen LogP contribution in [0.15, 0.2) is 22.7 Å². The molecular weight excluding hydrogens is 395 g/mol. The Morgan fingerprint density at radius 2 is 2.24 bits per heavy atom. The van der Waals surface area contributed by atoms with Gasteiger partial charge in [0.05, 0.1) is 11.6 Å². The first-order chi connectivity index (χ1) is 8.06. The summed E-state index contributed by atoms with van der Waals surface area (Å²) < 4.78 is 1.75. The molecule has 0 radical (unpaired) electrons. The lowest BCUT2D eigenvalue weighted by Gasteiger charge is -2.35. The number of nitrogens with zero attached hydrogens (tertiary/aromatic N) is 1. The van der Waals surface area contributed by atoms with Crippen LogP contribution >= 0.6 is 38.5 Å². The molecule has 3 nitrogen and oxygen atoms in total. The second-order valence-electron chi connectivity index (χ2n) is 4.13. The van der Waals surface area contributed by atoms with E-state index in [2.05, 4.69) is 49.9 Å². The molecule has 1 amide bonds. The van der Waals surface area contributed by atoms with Crippen LogP contribution in [0.25, 0.3) is 0 Å². The SMILES string of the molecule is N#CC1(NC(=O)c2cc(Br)ccc2I)CCC1. The molecule has 1 aromatic rings. The summed E-state index contributed by atoms with van der Waals surface area (Å²) in [5.41, 5.74) is -0.0239. The Labute approximate surface area is 122 Å². The smallest absolute Gasteiger partial charge is 0.253 e. The van der Waals surface area contributed by atoms with Crippen LogP contribution in [-0.4, -0.2) is 11.4 Å². The van der Waals surface area contributed by atoms with Crippen molar-refractivity contribution in [2.24, 2.45) is 0 Å². The molecule has 2 rings (SSSR count). The van der Waals surface area contributed by atoms with Crippen LogP contribution in [-0.2, 0) is 0 Å². The zero-order valence-corrected chi connectivity index (χ0v) is 12.7. The van der Waals surface area contributed by atoms with Crippen molar-refractivity contribution >= 4 is 44.4 Å². The number of hydrogen-bond acceptors (Lipinski definition) is 2. The Morgan fingerprint density at radius 3 is 2.76 bits per heavy atom. The maximum Gasteiger partial charge on any atom is 0.253 e. The second-order valence-corrected chi connectivity index (χ2v) is 6.20. The van der Waals surface area contributed by atoms with Crippen molar-refractivity contribution in [3.05, 3.63) is 31.8 Å². The summed E-state index contributed by atoms with van der Waals surface area (Å²) in [4.78, 5) is 12.1. The van der Waals surface area contributed by atoms with E-state index in [1.165, 1.54) is 0 Å². The Hall–Kier alpha value is -0.610. The van der Waals surface area contributed by atoms with Crippen molar-refractivity contribution in [2.75, 3.05) is 0 Å². The number of amides is 1. The first-order valence-corrected chi connectivity index (χ1v) is 7.12. The molecule has 1 aromatic carbocycles. The first-order valence-electron chi connectivity index (χ1n) is 5.25. The standard InChI is InChI=1S/C12H10BrIN2O/c13-8-2-3-10(14)9(6-8)11(17)16-12(7-15)4-1-5-12/h2-3,6H,1,4-5H2,(H,16,17). The quantitative estimate of drug-likeness (QED) is 0.769. The van der Waals surface area contributed by atoms with Gasteiger partial charge in [0.25, 0.3) is 5.91 Å². The molecule has 17 heavy (non-hydrogen) atoms. The molecular formula is C12H10BrIN2O. The maximum absolute atomic E-state index is 12.1. The molecule has 0 unspecified atom stereocenters. The minimum absolute atomic E-state index is 0.169.